The molecular weight excluding hydrogens is 708 g/mol. The normalized spacial score (nSPS) is 24.2. The van der Waals surface area contributed by atoms with Crippen LogP contribution in [-0.2, 0) is 25.3 Å². The van der Waals surface area contributed by atoms with Gasteiger partial charge in [0, 0.05) is 33.1 Å². The summed E-state index contributed by atoms with van der Waals surface area (Å²) in [6, 6.07) is 9.91. The van der Waals surface area contributed by atoms with E-state index in [0.29, 0.717) is 28.1 Å². The molecule has 9 rings (SSSR count). The molecule has 4 saturated carbocycles. The van der Waals surface area contributed by atoms with Gasteiger partial charge >= 0.3 is 0 Å². The minimum Gasteiger partial charge on any atom is -0.351 e. The number of rotatable bonds is 8. The molecule has 4 aromatic rings. The number of benzene rings is 2. The first-order chi connectivity index (χ1) is 21.3. The fourth-order valence-electron chi connectivity index (χ4n) is 7.32. The summed E-state index contributed by atoms with van der Waals surface area (Å²) in [5.41, 5.74) is 0.481. The lowest BCUT2D eigenvalue weighted by atomic mass is 9.45. The van der Waals surface area contributed by atoms with Crippen LogP contribution in [0.3, 0.4) is 0 Å². The van der Waals surface area contributed by atoms with Crippen LogP contribution in [0.5, 0.6) is 0 Å². The number of hydrogen-bond acceptors (Lipinski definition) is 9. The predicted octanol–water partition coefficient (Wildman–Crippen LogP) is 6.15. The fourth-order valence-corrected chi connectivity index (χ4v) is 13.0. The van der Waals surface area contributed by atoms with Crippen molar-refractivity contribution in [2.24, 2.45) is 11.3 Å². The topological polar surface area (TPSA) is 131 Å². The van der Waals surface area contributed by atoms with Crippen molar-refractivity contribution in [1.82, 2.24) is 15.0 Å². The molecule has 4 aliphatic carbocycles. The van der Waals surface area contributed by atoms with Crippen LogP contribution in [0, 0.1) is 23.0 Å². The fraction of sp³-hybridized carbons (Fsp3) is 0.367. The van der Waals surface area contributed by atoms with Crippen LogP contribution in [0.25, 0.3) is 21.8 Å². The highest BCUT2D eigenvalue weighted by atomic mass is 79.9. The summed E-state index contributed by atoms with van der Waals surface area (Å²) in [6.07, 6.45) is 6.19. The Labute approximate surface area is 271 Å². The second-order valence-electron chi connectivity index (χ2n) is 12.8. The van der Waals surface area contributed by atoms with Gasteiger partial charge in [0.05, 0.1) is 33.5 Å². The molecule has 2 N–H and O–H groups in total. The maximum absolute atomic E-state index is 16.2. The molecule has 2 aromatic carbocycles. The molecule has 5 aliphatic rings. The zero-order chi connectivity index (χ0) is 31.4. The summed E-state index contributed by atoms with van der Waals surface area (Å²) in [6.45, 7) is 0. The maximum Gasteiger partial charge on any atom is 0.266 e. The number of hydrogen-bond donors (Lipinski definition) is 2. The lowest BCUT2D eigenvalue weighted by molar-refractivity contribution is -0.0274. The highest BCUT2D eigenvalue weighted by Crippen LogP contribution is 2.66. The number of halogens is 3. The first-order valence-corrected chi connectivity index (χ1v) is 19.3. The van der Waals surface area contributed by atoms with Gasteiger partial charge in [0.15, 0.2) is 15.7 Å². The average Bonchev–Trinajstić information content (AvgIpc) is 3.30. The lowest BCUT2D eigenvalue weighted by Crippen LogP contribution is -2.60. The van der Waals surface area contributed by atoms with E-state index in [9.17, 15) is 21.2 Å². The van der Waals surface area contributed by atoms with Gasteiger partial charge in [0.25, 0.3) is 10.0 Å². The SMILES string of the molecule is O=S1(=O)CC2(CC(Nc3nccc(-c4sc(C56CC(C5)C6)nc4-c4cccc(NS(=O)(=O)c5c(F)cccc5Br)c4F)n3)C2)C1. The van der Waals surface area contributed by atoms with Gasteiger partial charge in [-0.15, -0.1) is 11.3 Å². The number of thiazole rings is 1. The molecule has 2 bridgehead atoms. The van der Waals surface area contributed by atoms with E-state index < -0.39 is 36.4 Å². The van der Waals surface area contributed by atoms with Crippen LogP contribution in [-0.4, -0.2) is 49.3 Å². The Kier molecular flexibility index (Phi) is 6.53. The lowest BCUT2D eigenvalue weighted by Gasteiger charge is -2.60. The predicted molar refractivity (Wildman–Crippen MR) is 170 cm³/mol. The Morgan fingerprint density at radius 1 is 0.978 bits per heavy atom. The molecule has 3 heterocycles. The zero-order valence-electron chi connectivity index (χ0n) is 23.6. The summed E-state index contributed by atoms with van der Waals surface area (Å²) >= 11 is 4.54. The smallest absolute Gasteiger partial charge is 0.266 e. The van der Waals surface area contributed by atoms with Gasteiger partial charge in [-0.2, -0.15) is 0 Å². The third-order valence-electron chi connectivity index (χ3n) is 9.44. The molecule has 5 fully saturated rings. The van der Waals surface area contributed by atoms with Crippen LogP contribution >= 0.6 is 27.3 Å². The summed E-state index contributed by atoms with van der Waals surface area (Å²) in [5.74, 6) is -0.272. The monoisotopic (exact) mass is 733 g/mol. The summed E-state index contributed by atoms with van der Waals surface area (Å²) < 4.78 is 82.7. The summed E-state index contributed by atoms with van der Waals surface area (Å²) in [7, 11) is -7.39. The third kappa shape index (κ3) is 4.88. The second kappa shape index (κ2) is 9.99. The van der Waals surface area contributed by atoms with Crippen LogP contribution in [0.4, 0.5) is 20.4 Å². The van der Waals surface area contributed by atoms with Crippen LogP contribution in [0.2, 0.25) is 0 Å². The molecule has 0 radical (unpaired) electrons. The van der Waals surface area contributed by atoms with Gasteiger partial charge in [-0.05, 0) is 84.3 Å². The van der Waals surface area contributed by atoms with Gasteiger partial charge in [0.1, 0.15) is 15.7 Å². The number of anilines is 2. The van der Waals surface area contributed by atoms with Gasteiger partial charge in [0.2, 0.25) is 5.95 Å². The van der Waals surface area contributed by atoms with E-state index in [0.717, 1.165) is 43.2 Å². The molecular formula is C30H26BrF2N5O4S3. The first kappa shape index (κ1) is 29.4. The minimum atomic E-state index is -4.48. The van der Waals surface area contributed by atoms with Gasteiger partial charge in [-0.3, -0.25) is 4.72 Å². The van der Waals surface area contributed by atoms with Crippen molar-refractivity contribution < 1.29 is 25.6 Å². The number of aromatic nitrogens is 3. The van der Waals surface area contributed by atoms with Crippen molar-refractivity contribution in [2.75, 3.05) is 21.5 Å². The maximum atomic E-state index is 16.2. The molecule has 0 unspecified atom stereocenters. The van der Waals surface area contributed by atoms with E-state index in [4.69, 9.17) is 9.97 Å². The van der Waals surface area contributed by atoms with E-state index in [1.165, 1.54) is 41.7 Å². The molecule has 0 amide bonds. The highest BCUT2D eigenvalue weighted by Gasteiger charge is 2.59. The molecule has 45 heavy (non-hydrogen) atoms. The van der Waals surface area contributed by atoms with E-state index in [1.54, 1.807) is 12.3 Å². The van der Waals surface area contributed by atoms with Crippen molar-refractivity contribution in [3.05, 3.63) is 69.8 Å². The Balaban J connectivity index is 1.13. The number of nitrogens with zero attached hydrogens (tertiary/aromatic N) is 3. The van der Waals surface area contributed by atoms with Crippen LogP contribution < -0.4 is 10.0 Å². The minimum absolute atomic E-state index is 0.0134. The van der Waals surface area contributed by atoms with Crippen molar-refractivity contribution in [3.8, 4) is 21.8 Å². The average molecular weight is 735 g/mol. The van der Waals surface area contributed by atoms with E-state index in [-0.39, 0.29) is 44.1 Å². The third-order valence-corrected chi connectivity index (χ3v) is 15.2. The Morgan fingerprint density at radius 2 is 1.71 bits per heavy atom. The standard InChI is InChI=1S/C30H26BrF2N5O4S3/c31-19-4-2-5-20(32)26(19)45(41,42)38-21-6-1-3-18(23(21)33)24-25(43-27(37-24)30-9-16(10-30)11-30)22-7-8-34-28(36-22)35-17-12-29(13-17)14-44(39,40)15-29/h1-8,16-17,38H,9-15H2,(H,34,35,36). The zero-order valence-corrected chi connectivity index (χ0v) is 27.6. The first-order valence-electron chi connectivity index (χ1n) is 14.4. The summed E-state index contributed by atoms with van der Waals surface area (Å²) in [4.78, 5) is 14.1. The van der Waals surface area contributed by atoms with Gasteiger partial charge in [-0.1, -0.05) is 12.1 Å². The van der Waals surface area contributed by atoms with Crippen LogP contribution in [0.1, 0.15) is 37.1 Å². The molecule has 15 heteroatoms. The quantitative estimate of drug-likeness (QED) is 0.221. The summed E-state index contributed by atoms with van der Waals surface area (Å²) in [5, 5.41) is 4.22. The number of sulfonamides is 1. The van der Waals surface area contributed by atoms with Crippen molar-refractivity contribution in [1.29, 1.82) is 0 Å². The molecule has 1 aliphatic heterocycles. The molecule has 0 atom stereocenters. The van der Waals surface area contributed by atoms with Crippen molar-refractivity contribution in [2.45, 2.75) is 48.5 Å². The molecule has 9 nitrogen and oxygen atoms in total. The van der Waals surface area contributed by atoms with E-state index >= 15 is 4.39 Å². The molecule has 2 aromatic heterocycles. The van der Waals surface area contributed by atoms with Crippen molar-refractivity contribution in [3.63, 3.8) is 0 Å². The highest BCUT2D eigenvalue weighted by molar-refractivity contribution is 9.10. The van der Waals surface area contributed by atoms with Crippen LogP contribution in [0.15, 0.2) is 58.0 Å². The number of nitrogens with one attached hydrogen (secondary N) is 2. The van der Waals surface area contributed by atoms with Crippen molar-refractivity contribution >= 4 is 58.8 Å². The molecule has 1 saturated heterocycles. The van der Waals surface area contributed by atoms with Gasteiger partial charge < -0.3 is 5.32 Å². The Bertz CT molecular complexity index is 2070. The number of sulfone groups is 1. The Hall–Kier alpha value is -3.01. The largest absolute Gasteiger partial charge is 0.351 e. The second-order valence-corrected chi connectivity index (χ2v) is 18.4. The molecule has 234 valence electrons. The van der Waals surface area contributed by atoms with Gasteiger partial charge in [-0.25, -0.2) is 40.6 Å². The van der Waals surface area contributed by atoms with E-state index in [1.807, 2.05) is 0 Å². The molecule has 1 spiro atoms. The Morgan fingerprint density at radius 3 is 2.38 bits per heavy atom. The van der Waals surface area contributed by atoms with E-state index in [2.05, 4.69) is 31.0 Å².